The number of rotatable bonds is 7. The molecule has 0 spiro atoms. The molecule has 1 saturated heterocycles. The van der Waals surface area contributed by atoms with E-state index in [1.807, 2.05) is 0 Å². The average Bonchev–Trinajstić information content (AvgIpc) is 3.32. The van der Waals surface area contributed by atoms with Crippen LogP contribution in [0.5, 0.6) is 0 Å². The van der Waals surface area contributed by atoms with Gasteiger partial charge in [0.05, 0.1) is 23.2 Å². The fraction of sp³-hybridized carbons (Fsp3) is 0.964. The molecule has 12 atom stereocenters. The molecule has 4 aliphatic carbocycles. The highest BCUT2D eigenvalue weighted by molar-refractivity contribution is 8.09. The van der Waals surface area contributed by atoms with E-state index in [-0.39, 0.29) is 45.5 Å². The van der Waals surface area contributed by atoms with E-state index in [1.165, 1.54) is 25.7 Å². The maximum absolute atomic E-state index is 12.6. The number of aliphatic hydroxyl groups is 2. The Labute approximate surface area is 227 Å². The lowest BCUT2D eigenvalue weighted by molar-refractivity contribution is -0.174. The van der Waals surface area contributed by atoms with E-state index in [0.29, 0.717) is 35.5 Å². The third-order valence-corrected chi connectivity index (χ3v) is 14.3. The van der Waals surface area contributed by atoms with Crippen molar-refractivity contribution in [1.82, 2.24) is 5.32 Å². The van der Waals surface area contributed by atoms with Crippen molar-refractivity contribution >= 4 is 27.8 Å². The van der Waals surface area contributed by atoms with Crippen LogP contribution in [0.1, 0.15) is 85.5 Å². The van der Waals surface area contributed by atoms with Gasteiger partial charge in [0.25, 0.3) is 10.1 Å². The first-order valence-corrected chi connectivity index (χ1v) is 16.9. The minimum absolute atomic E-state index is 0.0631. The van der Waals surface area contributed by atoms with E-state index in [1.54, 1.807) is 11.8 Å². The number of carbonyl (C=O) groups excluding carboxylic acids is 1. The Kier molecular flexibility index (Phi) is 7.34. The molecule has 0 aromatic carbocycles. The molecule has 0 bridgehead atoms. The van der Waals surface area contributed by atoms with Crippen LogP contribution in [0.25, 0.3) is 0 Å². The number of nitrogens with one attached hydrogen (secondary N) is 1. The van der Waals surface area contributed by atoms with Gasteiger partial charge in [-0.05, 0) is 111 Å². The Morgan fingerprint density at radius 3 is 2.41 bits per heavy atom. The zero-order chi connectivity index (χ0) is 27.0. The lowest BCUT2D eigenvalue weighted by atomic mass is 9.43. The summed E-state index contributed by atoms with van der Waals surface area (Å²) in [6, 6.07) is 0. The van der Waals surface area contributed by atoms with Crippen molar-refractivity contribution < 1.29 is 28.0 Å². The monoisotopic (exact) mass is 557 g/mol. The Morgan fingerprint density at radius 2 is 1.70 bits per heavy atom. The Morgan fingerprint density at radius 1 is 1.03 bits per heavy atom. The van der Waals surface area contributed by atoms with Gasteiger partial charge in [-0.1, -0.05) is 20.8 Å². The number of hydrogen-bond acceptors (Lipinski definition) is 6. The molecule has 37 heavy (non-hydrogen) atoms. The largest absolute Gasteiger partial charge is 0.393 e. The van der Waals surface area contributed by atoms with Crippen molar-refractivity contribution in [3.63, 3.8) is 0 Å². The molecule has 1 amide bonds. The molecule has 0 radical (unpaired) electrons. The first-order chi connectivity index (χ1) is 17.2. The SMILES string of the molecule is CC(CC1(C)SC1C(=O)NCCS(=O)(=O)O)C1CCC2C3C(O)CC4CC(O)CCC4(C)C3CCC12C. The molecule has 0 aromatic rings. The average molecular weight is 558 g/mol. The van der Waals surface area contributed by atoms with Gasteiger partial charge in [-0.2, -0.15) is 8.42 Å². The van der Waals surface area contributed by atoms with Gasteiger partial charge in [0.1, 0.15) is 0 Å². The molecule has 9 heteroatoms. The standard InChI is InChI=1S/C28H47NO6S2/c1-16(15-28(4)24(36-28)25(32)29-11-12-37(33,34)35)19-5-6-20-23-21(8-10-27(19,20)3)26(2)9-7-18(30)13-17(26)14-22(23)31/h16-24,30-31H,5-15H2,1-4H3,(H,29,32)(H,33,34,35). The smallest absolute Gasteiger partial charge is 0.266 e. The Bertz CT molecular complexity index is 1010. The van der Waals surface area contributed by atoms with Crippen molar-refractivity contribution in [1.29, 1.82) is 0 Å². The highest BCUT2D eigenvalue weighted by Gasteiger charge is 2.64. The van der Waals surface area contributed by atoms with Crippen molar-refractivity contribution in [3.8, 4) is 0 Å². The molecule has 1 heterocycles. The third-order valence-electron chi connectivity index (χ3n) is 11.9. The van der Waals surface area contributed by atoms with E-state index in [2.05, 4.69) is 33.0 Å². The molecule has 5 fully saturated rings. The van der Waals surface area contributed by atoms with Crippen LogP contribution < -0.4 is 5.32 Å². The highest BCUT2D eigenvalue weighted by Crippen LogP contribution is 2.69. The Balaban J connectivity index is 1.23. The van der Waals surface area contributed by atoms with Crippen LogP contribution in [0.2, 0.25) is 0 Å². The van der Waals surface area contributed by atoms with Crippen LogP contribution in [-0.4, -0.2) is 63.6 Å². The zero-order valence-corrected chi connectivity index (χ0v) is 24.5. The molecule has 4 N–H and O–H groups in total. The summed E-state index contributed by atoms with van der Waals surface area (Å²) < 4.78 is 30.7. The second kappa shape index (κ2) is 9.64. The topological polar surface area (TPSA) is 124 Å². The predicted octanol–water partition coefficient (Wildman–Crippen LogP) is 3.88. The second-order valence-corrected chi connectivity index (χ2v) is 17.2. The van der Waals surface area contributed by atoms with E-state index in [0.717, 1.165) is 32.1 Å². The van der Waals surface area contributed by atoms with Crippen molar-refractivity contribution in [2.75, 3.05) is 12.3 Å². The summed E-state index contributed by atoms with van der Waals surface area (Å²) in [5.74, 6) is 2.33. The maximum atomic E-state index is 12.6. The molecule has 4 saturated carbocycles. The fourth-order valence-electron chi connectivity index (χ4n) is 10.1. The van der Waals surface area contributed by atoms with Crippen LogP contribution in [0.15, 0.2) is 0 Å². The number of thioether (sulfide) groups is 1. The van der Waals surface area contributed by atoms with Crippen LogP contribution in [0.4, 0.5) is 0 Å². The van der Waals surface area contributed by atoms with Gasteiger partial charge in [0, 0.05) is 11.3 Å². The Hall–Kier alpha value is -0.350. The van der Waals surface area contributed by atoms with Crippen LogP contribution in [0.3, 0.4) is 0 Å². The first-order valence-electron chi connectivity index (χ1n) is 14.4. The van der Waals surface area contributed by atoms with Gasteiger partial charge in [0.15, 0.2) is 0 Å². The number of hydrogen-bond donors (Lipinski definition) is 4. The van der Waals surface area contributed by atoms with Crippen molar-refractivity contribution in [2.24, 2.45) is 46.3 Å². The van der Waals surface area contributed by atoms with Gasteiger partial charge >= 0.3 is 0 Å². The van der Waals surface area contributed by atoms with E-state index in [4.69, 9.17) is 4.55 Å². The zero-order valence-electron chi connectivity index (χ0n) is 22.9. The van der Waals surface area contributed by atoms with Gasteiger partial charge < -0.3 is 15.5 Å². The molecule has 0 aromatic heterocycles. The summed E-state index contributed by atoms with van der Waals surface area (Å²) in [6.45, 7) is 9.37. The van der Waals surface area contributed by atoms with E-state index >= 15 is 0 Å². The number of amides is 1. The lowest BCUT2D eigenvalue weighted by Crippen LogP contribution is -2.58. The minimum Gasteiger partial charge on any atom is -0.393 e. The fourth-order valence-corrected chi connectivity index (χ4v) is 11.7. The van der Waals surface area contributed by atoms with E-state index < -0.39 is 15.9 Å². The predicted molar refractivity (Wildman–Crippen MR) is 146 cm³/mol. The molecular formula is C28H47NO6S2. The summed E-state index contributed by atoms with van der Waals surface area (Å²) in [7, 11) is -4.08. The highest BCUT2D eigenvalue weighted by atomic mass is 32.2. The summed E-state index contributed by atoms with van der Waals surface area (Å²) in [5, 5.41) is 24.3. The van der Waals surface area contributed by atoms with Crippen molar-refractivity contribution in [2.45, 2.75) is 108 Å². The summed E-state index contributed by atoms with van der Waals surface area (Å²) in [4.78, 5) is 12.6. The number of carbonyl (C=O) groups is 1. The lowest BCUT2D eigenvalue weighted by Gasteiger charge is -2.62. The molecular weight excluding hydrogens is 510 g/mol. The summed E-state index contributed by atoms with van der Waals surface area (Å²) in [5.41, 5.74) is 0.449. The normalized spacial score (nSPS) is 49.9. The molecule has 5 aliphatic rings. The molecule has 212 valence electrons. The minimum atomic E-state index is -4.08. The van der Waals surface area contributed by atoms with E-state index in [9.17, 15) is 23.4 Å². The first kappa shape index (κ1) is 28.2. The van der Waals surface area contributed by atoms with Gasteiger partial charge in [-0.15, -0.1) is 11.8 Å². The summed E-state index contributed by atoms with van der Waals surface area (Å²) >= 11 is 1.67. The quantitative estimate of drug-likeness (QED) is 0.277. The number of aliphatic hydroxyl groups excluding tert-OH is 2. The number of fused-ring (bicyclic) bond motifs is 5. The van der Waals surface area contributed by atoms with Crippen LogP contribution in [-0.2, 0) is 14.9 Å². The van der Waals surface area contributed by atoms with Crippen LogP contribution in [0, 0.1) is 46.3 Å². The molecule has 1 aliphatic heterocycles. The van der Waals surface area contributed by atoms with Crippen LogP contribution >= 0.6 is 11.8 Å². The molecule has 5 rings (SSSR count). The third kappa shape index (κ3) is 5.02. The van der Waals surface area contributed by atoms with Crippen molar-refractivity contribution in [3.05, 3.63) is 0 Å². The maximum Gasteiger partial charge on any atom is 0.266 e. The second-order valence-electron chi connectivity index (χ2n) is 14.0. The van der Waals surface area contributed by atoms with Gasteiger partial charge in [-0.25, -0.2) is 0 Å². The van der Waals surface area contributed by atoms with Gasteiger partial charge in [-0.3, -0.25) is 9.35 Å². The molecule has 12 unspecified atom stereocenters. The summed E-state index contributed by atoms with van der Waals surface area (Å²) in [6.07, 6.45) is 8.88. The molecule has 7 nitrogen and oxygen atoms in total. The van der Waals surface area contributed by atoms with Gasteiger partial charge in [0.2, 0.25) is 5.91 Å².